The Labute approximate surface area is 116 Å². The number of aryl methyl sites for hydroxylation is 2. The number of aromatic nitrogens is 2. The molecule has 3 nitrogen and oxygen atoms in total. The monoisotopic (exact) mass is 271 g/mol. The van der Waals surface area contributed by atoms with E-state index in [1.165, 1.54) is 11.1 Å². The van der Waals surface area contributed by atoms with E-state index in [0.29, 0.717) is 10.7 Å². The molecule has 2 aromatic heterocycles. The van der Waals surface area contributed by atoms with Crippen LogP contribution in [-0.2, 0) is 0 Å². The summed E-state index contributed by atoms with van der Waals surface area (Å²) in [6.07, 6.45) is 3.75. The molecule has 3 aromatic rings. The molecule has 0 aliphatic rings. The zero-order chi connectivity index (χ0) is 13.6. The van der Waals surface area contributed by atoms with Gasteiger partial charge in [0.25, 0.3) is 0 Å². The van der Waals surface area contributed by atoms with Crippen LogP contribution in [0.5, 0.6) is 0 Å². The predicted molar refractivity (Wildman–Crippen MR) is 79.5 cm³/mol. The number of fused-ring (bicyclic) bond motifs is 1. The molecule has 1 aromatic carbocycles. The van der Waals surface area contributed by atoms with Crippen LogP contribution in [0.4, 0.5) is 5.69 Å². The molecule has 2 heterocycles. The number of nitrogens with two attached hydrogens (primary N) is 1. The van der Waals surface area contributed by atoms with E-state index in [0.717, 1.165) is 16.9 Å². The Morgan fingerprint density at radius 1 is 1.11 bits per heavy atom. The van der Waals surface area contributed by atoms with E-state index in [4.69, 9.17) is 17.3 Å². The fourth-order valence-corrected chi connectivity index (χ4v) is 2.21. The van der Waals surface area contributed by atoms with E-state index >= 15 is 0 Å². The fraction of sp³-hybridized carbons (Fsp3) is 0.133. The van der Waals surface area contributed by atoms with Gasteiger partial charge < -0.3 is 10.1 Å². The van der Waals surface area contributed by atoms with Gasteiger partial charge in [0, 0.05) is 24.0 Å². The van der Waals surface area contributed by atoms with Crippen LogP contribution in [0, 0.1) is 13.8 Å². The molecule has 4 heteroatoms. The average Bonchev–Trinajstić information content (AvgIpc) is 2.76. The minimum absolute atomic E-state index is 0.532. The van der Waals surface area contributed by atoms with Gasteiger partial charge in [-0.25, -0.2) is 4.98 Å². The van der Waals surface area contributed by atoms with Gasteiger partial charge in [-0.2, -0.15) is 0 Å². The van der Waals surface area contributed by atoms with Gasteiger partial charge >= 0.3 is 0 Å². The third-order valence-corrected chi connectivity index (χ3v) is 3.70. The summed E-state index contributed by atoms with van der Waals surface area (Å²) in [6.45, 7) is 4.20. The van der Waals surface area contributed by atoms with E-state index in [2.05, 4.69) is 37.0 Å². The smallest absolute Gasteiger partial charge is 0.139 e. The summed E-state index contributed by atoms with van der Waals surface area (Å²) in [5.41, 5.74) is 11.7. The first-order valence-corrected chi connectivity index (χ1v) is 6.44. The maximum Gasteiger partial charge on any atom is 0.139 e. The van der Waals surface area contributed by atoms with Gasteiger partial charge in [-0.05, 0) is 31.0 Å². The summed E-state index contributed by atoms with van der Waals surface area (Å²) in [5.74, 6) is 0. The van der Waals surface area contributed by atoms with Gasteiger partial charge in [0.1, 0.15) is 5.65 Å². The maximum absolute atomic E-state index is 6.01. The van der Waals surface area contributed by atoms with Crippen molar-refractivity contribution in [3.05, 3.63) is 52.8 Å². The first-order valence-electron chi connectivity index (χ1n) is 6.06. The molecular formula is C15H14ClN3. The normalized spacial score (nSPS) is 11.1. The van der Waals surface area contributed by atoms with Gasteiger partial charge in [0.15, 0.2) is 0 Å². The van der Waals surface area contributed by atoms with Crippen molar-refractivity contribution >= 4 is 22.9 Å². The minimum Gasteiger partial charge on any atom is -0.396 e. The van der Waals surface area contributed by atoms with Crippen molar-refractivity contribution < 1.29 is 0 Å². The molecule has 19 heavy (non-hydrogen) atoms. The van der Waals surface area contributed by atoms with E-state index < -0.39 is 0 Å². The maximum atomic E-state index is 6.01. The molecule has 96 valence electrons. The zero-order valence-corrected chi connectivity index (χ0v) is 11.6. The number of rotatable bonds is 1. The first kappa shape index (κ1) is 12.1. The highest BCUT2D eigenvalue weighted by Gasteiger charge is 2.07. The standard InChI is InChI=1S/C15H14ClN3/c1-9-3-4-11(5-10(9)2)14-8-19-7-13(17)12(16)6-15(19)18-14/h3-8H,17H2,1-2H3. The molecule has 0 saturated heterocycles. The predicted octanol–water partition coefficient (Wildman–Crippen LogP) is 3.85. The number of hydrogen-bond donors (Lipinski definition) is 1. The van der Waals surface area contributed by atoms with E-state index in [9.17, 15) is 0 Å². The average molecular weight is 272 g/mol. The fourth-order valence-electron chi connectivity index (χ4n) is 2.07. The van der Waals surface area contributed by atoms with Crippen LogP contribution in [0.15, 0.2) is 36.7 Å². The Morgan fingerprint density at radius 3 is 2.63 bits per heavy atom. The lowest BCUT2D eigenvalue weighted by Crippen LogP contribution is -1.90. The Balaban J connectivity index is 2.17. The van der Waals surface area contributed by atoms with Crippen LogP contribution in [-0.4, -0.2) is 9.38 Å². The second kappa shape index (κ2) is 4.28. The highest BCUT2D eigenvalue weighted by atomic mass is 35.5. The lowest BCUT2D eigenvalue weighted by atomic mass is 10.1. The van der Waals surface area contributed by atoms with Crippen LogP contribution in [0.3, 0.4) is 0 Å². The van der Waals surface area contributed by atoms with Gasteiger partial charge in [-0.15, -0.1) is 0 Å². The van der Waals surface area contributed by atoms with Crippen molar-refractivity contribution in [2.75, 3.05) is 5.73 Å². The van der Waals surface area contributed by atoms with Gasteiger partial charge in [-0.3, -0.25) is 0 Å². The lowest BCUT2D eigenvalue weighted by molar-refractivity contribution is 1.19. The number of pyridine rings is 1. The summed E-state index contributed by atoms with van der Waals surface area (Å²) in [6, 6.07) is 8.11. The summed E-state index contributed by atoms with van der Waals surface area (Å²) in [5, 5.41) is 0.532. The van der Waals surface area contributed by atoms with Crippen molar-refractivity contribution in [1.29, 1.82) is 0 Å². The van der Waals surface area contributed by atoms with Gasteiger partial charge in [0.2, 0.25) is 0 Å². The van der Waals surface area contributed by atoms with Crippen molar-refractivity contribution in [2.24, 2.45) is 0 Å². The van der Waals surface area contributed by atoms with Gasteiger partial charge in [-0.1, -0.05) is 23.7 Å². The minimum atomic E-state index is 0.532. The number of imidazole rings is 1. The van der Waals surface area contributed by atoms with Crippen LogP contribution < -0.4 is 5.73 Å². The van der Waals surface area contributed by atoms with Crippen LogP contribution in [0.1, 0.15) is 11.1 Å². The van der Waals surface area contributed by atoms with Crippen molar-refractivity contribution in [3.63, 3.8) is 0 Å². The van der Waals surface area contributed by atoms with E-state index in [-0.39, 0.29) is 0 Å². The quantitative estimate of drug-likeness (QED) is 0.730. The molecule has 0 aliphatic carbocycles. The zero-order valence-electron chi connectivity index (χ0n) is 10.8. The molecular weight excluding hydrogens is 258 g/mol. The molecule has 0 unspecified atom stereocenters. The number of nitrogens with zero attached hydrogens (tertiary/aromatic N) is 2. The second-order valence-corrected chi connectivity index (χ2v) is 5.17. The molecule has 0 aliphatic heterocycles. The highest BCUT2D eigenvalue weighted by Crippen LogP contribution is 2.25. The topological polar surface area (TPSA) is 43.3 Å². The summed E-state index contributed by atoms with van der Waals surface area (Å²) in [4.78, 5) is 4.58. The summed E-state index contributed by atoms with van der Waals surface area (Å²) in [7, 11) is 0. The number of hydrogen-bond acceptors (Lipinski definition) is 2. The third kappa shape index (κ3) is 2.06. The molecule has 0 saturated carbocycles. The summed E-state index contributed by atoms with van der Waals surface area (Å²) < 4.78 is 1.89. The first-order chi connectivity index (χ1) is 9.04. The van der Waals surface area contributed by atoms with Crippen molar-refractivity contribution in [1.82, 2.24) is 9.38 Å². The largest absolute Gasteiger partial charge is 0.396 e. The number of halogens is 1. The second-order valence-electron chi connectivity index (χ2n) is 4.77. The van der Waals surface area contributed by atoms with Crippen molar-refractivity contribution in [2.45, 2.75) is 13.8 Å². The lowest BCUT2D eigenvalue weighted by Gasteiger charge is -2.01. The Morgan fingerprint density at radius 2 is 1.89 bits per heavy atom. The molecule has 3 rings (SSSR count). The molecule has 0 fully saturated rings. The number of anilines is 1. The third-order valence-electron chi connectivity index (χ3n) is 3.37. The number of nitrogen functional groups attached to an aromatic ring is 1. The van der Waals surface area contributed by atoms with Gasteiger partial charge in [0.05, 0.1) is 16.4 Å². The Bertz CT molecular complexity index is 735. The van der Waals surface area contributed by atoms with Crippen LogP contribution in [0.25, 0.3) is 16.9 Å². The SMILES string of the molecule is Cc1ccc(-c2cn3cc(N)c(Cl)cc3n2)cc1C. The molecule has 0 bridgehead atoms. The Kier molecular flexibility index (Phi) is 2.72. The van der Waals surface area contributed by atoms with E-state index in [1.54, 1.807) is 12.3 Å². The Hall–Kier alpha value is -2.00. The number of benzene rings is 1. The van der Waals surface area contributed by atoms with E-state index in [1.807, 2.05) is 10.6 Å². The summed E-state index contributed by atoms with van der Waals surface area (Å²) >= 11 is 6.01. The molecule has 0 spiro atoms. The molecule has 0 atom stereocenters. The molecule has 0 radical (unpaired) electrons. The van der Waals surface area contributed by atoms with Crippen LogP contribution in [0.2, 0.25) is 5.02 Å². The van der Waals surface area contributed by atoms with Crippen molar-refractivity contribution in [3.8, 4) is 11.3 Å². The molecule has 0 amide bonds. The highest BCUT2D eigenvalue weighted by molar-refractivity contribution is 6.33. The molecule has 2 N–H and O–H groups in total. The van der Waals surface area contributed by atoms with Crippen LogP contribution >= 0.6 is 11.6 Å².